The number of aliphatic hydroxyl groups excluding tert-OH is 1. The molecule has 6 nitrogen and oxygen atoms in total. The molecule has 2 N–H and O–H groups in total. The Bertz CT molecular complexity index is 650. The van der Waals surface area contributed by atoms with E-state index in [-0.39, 0.29) is 11.1 Å². The van der Waals surface area contributed by atoms with E-state index < -0.39 is 53.1 Å². The van der Waals surface area contributed by atoms with Crippen LogP contribution in [0, 0.1) is 17.3 Å². The molecule has 0 spiro atoms. The van der Waals surface area contributed by atoms with Crippen LogP contribution in [0.2, 0.25) is 0 Å². The van der Waals surface area contributed by atoms with Crippen LogP contribution in [-0.4, -0.2) is 46.1 Å². The second-order valence-electron chi connectivity index (χ2n) is 8.24. The first kappa shape index (κ1) is 18.1. The Balaban J connectivity index is 2.09. The van der Waals surface area contributed by atoms with Crippen molar-refractivity contribution >= 4 is 11.9 Å². The van der Waals surface area contributed by atoms with E-state index >= 15 is 0 Å². The highest BCUT2D eigenvalue weighted by atomic mass is 16.6. The summed E-state index contributed by atoms with van der Waals surface area (Å²) in [6.07, 6.45) is -0.797. The summed E-state index contributed by atoms with van der Waals surface area (Å²) in [7, 11) is 0. The molecule has 1 heterocycles. The highest BCUT2D eigenvalue weighted by Gasteiger charge is 2.66. The fourth-order valence-electron chi connectivity index (χ4n) is 5.06. The summed E-state index contributed by atoms with van der Waals surface area (Å²) in [4.78, 5) is 24.3. The molecule has 7 unspecified atom stereocenters. The summed E-state index contributed by atoms with van der Waals surface area (Å²) in [5, 5.41) is 21.7. The maximum atomic E-state index is 12.2. The second kappa shape index (κ2) is 5.68. The smallest absolute Gasteiger partial charge is 0.334 e. The van der Waals surface area contributed by atoms with Crippen LogP contribution in [0.3, 0.4) is 0 Å². The van der Waals surface area contributed by atoms with Gasteiger partial charge in [-0.3, -0.25) is 0 Å². The molecule has 2 aliphatic carbocycles. The average molecular weight is 350 g/mol. The molecule has 1 saturated heterocycles. The molecule has 1 aliphatic heterocycles. The lowest BCUT2D eigenvalue weighted by Crippen LogP contribution is -2.65. The topological polar surface area (TPSA) is 93.1 Å². The first-order valence-corrected chi connectivity index (χ1v) is 8.66. The number of carbonyl (C=O) groups is 2. The molecule has 0 aromatic rings. The number of rotatable bonds is 2. The third kappa shape index (κ3) is 2.62. The van der Waals surface area contributed by atoms with E-state index in [0.717, 1.165) is 0 Å². The zero-order chi connectivity index (χ0) is 18.7. The minimum absolute atomic E-state index is 0.232. The van der Waals surface area contributed by atoms with Crippen LogP contribution in [0.4, 0.5) is 0 Å². The zero-order valence-corrected chi connectivity index (χ0v) is 14.9. The van der Waals surface area contributed by atoms with Crippen molar-refractivity contribution < 1.29 is 29.3 Å². The Kier molecular flexibility index (Phi) is 4.12. The van der Waals surface area contributed by atoms with E-state index in [1.165, 1.54) is 0 Å². The van der Waals surface area contributed by atoms with E-state index in [1.54, 1.807) is 13.8 Å². The molecule has 0 radical (unpaired) electrons. The van der Waals surface area contributed by atoms with Gasteiger partial charge in [0.2, 0.25) is 0 Å². The molecule has 0 aromatic carbocycles. The molecular weight excluding hydrogens is 324 g/mol. The predicted molar refractivity (Wildman–Crippen MR) is 89.3 cm³/mol. The maximum absolute atomic E-state index is 12.2. The van der Waals surface area contributed by atoms with Crippen molar-refractivity contribution in [3.8, 4) is 0 Å². The lowest BCUT2D eigenvalue weighted by Gasteiger charge is -2.59. The standard InChI is InChI=1S/C19H26O6/c1-9(2)16(21)25-14-13-10(3)17(22)24-11(13)8-18(4)12(20)6-7-19(5,23)15(14)18/h11-15,20,23H,1,3,6-8H2,2,4-5H3. The number of hydrogen-bond donors (Lipinski definition) is 2. The molecule has 138 valence electrons. The Hall–Kier alpha value is -1.66. The fraction of sp³-hybridized carbons (Fsp3) is 0.684. The lowest BCUT2D eigenvalue weighted by atomic mass is 9.50. The number of carbonyl (C=O) groups excluding carboxylic acids is 2. The molecule has 6 heteroatoms. The molecule has 0 bridgehead atoms. The summed E-state index contributed by atoms with van der Waals surface area (Å²) in [6, 6.07) is 0. The van der Waals surface area contributed by atoms with Crippen molar-refractivity contribution in [2.24, 2.45) is 17.3 Å². The molecule has 2 saturated carbocycles. The van der Waals surface area contributed by atoms with Crippen molar-refractivity contribution in [1.29, 1.82) is 0 Å². The van der Waals surface area contributed by atoms with E-state index in [1.807, 2.05) is 6.92 Å². The van der Waals surface area contributed by atoms with Crippen LogP contribution in [0.5, 0.6) is 0 Å². The summed E-state index contributed by atoms with van der Waals surface area (Å²) in [5.41, 5.74) is -1.41. The van der Waals surface area contributed by atoms with Crippen LogP contribution < -0.4 is 0 Å². The molecule has 7 atom stereocenters. The Morgan fingerprint density at radius 1 is 1.40 bits per heavy atom. The van der Waals surface area contributed by atoms with Gasteiger partial charge in [0.1, 0.15) is 12.2 Å². The van der Waals surface area contributed by atoms with Crippen LogP contribution in [-0.2, 0) is 19.1 Å². The van der Waals surface area contributed by atoms with Gasteiger partial charge in [-0.05, 0) is 33.1 Å². The van der Waals surface area contributed by atoms with Gasteiger partial charge in [0.15, 0.2) is 0 Å². The Morgan fingerprint density at radius 3 is 2.64 bits per heavy atom. The van der Waals surface area contributed by atoms with Gasteiger partial charge < -0.3 is 19.7 Å². The van der Waals surface area contributed by atoms with Gasteiger partial charge >= 0.3 is 11.9 Å². The molecule has 3 aliphatic rings. The van der Waals surface area contributed by atoms with E-state index in [0.29, 0.717) is 19.3 Å². The maximum Gasteiger partial charge on any atom is 0.334 e. The molecular formula is C19H26O6. The largest absolute Gasteiger partial charge is 0.458 e. The van der Waals surface area contributed by atoms with Gasteiger partial charge in [-0.2, -0.15) is 0 Å². The first-order valence-electron chi connectivity index (χ1n) is 8.66. The molecule has 0 aromatic heterocycles. The van der Waals surface area contributed by atoms with Crippen molar-refractivity contribution in [3.05, 3.63) is 24.3 Å². The van der Waals surface area contributed by atoms with Crippen molar-refractivity contribution in [2.75, 3.05) is 0 Å². The van der Waals surface area contributed by atoms with Crippen LogP contribution in [0.25, 0.3) is 0 Å². The van der Waals surface area contributed by atoms with E-state index in [4.69, 9.17) is 9.47 Å². The minimum Gasteiger partial charge on any atom is -0.458 e. The number of hydrogen-bond acceptors (Lipinski definition) is 6. The number of ether oxygens (including phenoxy) is 2. The number of esters is 2. The summed E-state index contributed by atoms with van der Waals surface area (Å²) in [6.45, 7) is 12.5. The van der Waals surface area contributed by atoms with Crippen molar-refractivity contribution in [3.63, 3.8) is 0 Å². The Morgan fingerprint density at radius 2 is 2.04 bits per heavy atom. The van der Waals surface area contributed by atoms with Gasteiger partial charge in [0, 0.05) is 22.5 Å². The highest BCUT2D eigenvalue weighted by molar-refractivity contribution is 5.91. The third-order valence-corrected chi connectivity index (χ3v) is 6.30. The third-order valence-electron chi connectivity index (χ3n) is 6.30. The summed E-state index contributed by atoms with van der Waals surface area (Å²) >= 11 is 0. The zero-order valence-electron chi connectivity index (χ0n) is 14.9. The van der Waals surface area contributed by atoms with Crippen molar-refractivity contribution in [1.82, 2.24) is 0 Å². The van der Waals surface area contributed by atoms with Crippen LogP contribution in [0.15, 0.2) is 24.3 Å². The fourth-order valence-corrected chi connectivity index (χ4v) is 5.06. The molecule has 0 amide bonds. The SMILES string of the molecule is C=C(C)C(=O)OC1C2C(=C)C(=O)OC2CC2(C)C(O)CCC(C)(O)C12. The minimum atomic E-state index is -1.15. The normalized spacial score (nSPS) is 46.0. The summed E-state index contributed by atoms with van der Waals surface area (Å²) in [5.74, 6) is -2.16. The van der Waals surface area contributed by atoms with Crippen molar-refractivity contribution in [2.45, 2.75) is 63.9 Å². The molecule has 3 rings (SSSR count). The van der Waals surface area contributed by atoms with Gasteiger partial charge in [-0.25, -0.2) is 9.59 Å². The summed E-state index contributed by atoms with van der Waals surface area (Å²) < 4.78 is 11.1. The first-order chi connectivity index (χ1) is 11.5. The lowest BCUT2D eigenvalue weighted by molar-refractivity contribution is -0.234. The average Bonchev–Trinajstić information content (AvgIpc) is 2.77. The molecule has 3 fully saturated rings. The highest BCUT2D eigenvalue weighted by Crippen LogP contribution is 2.59. The number of fused-ring (bicyclic) bond motifs is 2. The quantitative estimate of drug-likeness (QED) is 0.579. The van der Waals surface area contributed by atoms with Crippen LogP contribution >= 0.6 is 0 Å². The van der Waals surface area contributed by atoms with E-state index in [9.17, 15) is 19.8 Å². The number of aliphatic hydroxyl groups is 2. The van der Waals surface area contributed by atoms with Gasteiger partial charge in [0.05, 0.1) is 17.6 Å². The van der Waals surface area contributed by atoms with Gasteiger partial charge in [0.25, 0.3) is 0 Å². The Labute approximate surface area is 147 Å². The van der Waals surface area contributed by atoms with Gasteiger partial charge in [-0.15, -0.1) is 0 Å². The monoisotopic (exact) mass is 350 g/mol. The van der Waals surface area contributed by atoms with E-state index in [2.05, 4.69) is 13.2 Å². The van der Waals surface area contributed by atoms with Crippen LogP contribution in [0.1, 0.15) is 40.0 Å². The van der Waals surface area contributed by atoms with Gasteiger partial charge in [-0.1, -0.05) is 20.1 Å². The second-order valence-corrected chi connectivity index (χ2v) is 8.24. The predicted octanol–water partition coefficient (Wildman–Crippen LogP) is 1.50. The molecule has 25 heavy (non-hydrogen) atoms.